The molecule has 2 aliphatic rings. The fraction of sp³-hybridized carbons (Fsp3) is 0.562. The molecule has 0 aromatic heterocycles. The first-order valence-electron chi connectivity index (χ1n) is 7.58. The molecule has 1 amide bonds. The summed E-state index contributed by atoms with van der Waals surface area (Å²) in [6, 6.07) is 8.24. The summed E-state index contributed by atoms with van der Waals surface area (Å²) in [5.74, 6) is 0.132. The Kier molecular flexibility index (Phi) is 3.95. The Morgan fingerprint density at radius 2 is 1.86 bits per heavy atom. The molecule has 4 nitrogen and oxygen atoms in total. The van der Waals surface area contributed by atoms with Crippen molar-refractivity contribution in [1.82, 2.24) is 9.80 Å². The highest BCUT2D eigenvalue weighted by molar-refractivity contribution is 6.31. The summed E-state index contributed by atoms with van der Waals surface area (Å²) in [5, 5.41) is 0.808. The molecule has 2 fully saturated rings. The molecule has 1 saturated carbocycles. The molecule has 3 rings (SSSR count). The Morgan fingerprint density at radius 3 is 2.43 bits per heavy atom. The van der Waals surface area contributed by atoms with Gasteiger partial charge >= 0.3 is 0 Å². The maximum Gasteiger partial charge on any atom is 0.242 e. The Labute approximate surface area is 130 Å². The maximum atomic E-state index is 12.2. The summed E-state index contributed by atoms with van der Waals surface area (Å²) in [7, 11) is 0. The normalized spacial score (nSPS) is 22.9. The lowest BCUT2D eigenvalue weighted by Crippen LogP contribution is -2.54. The van der Waals surface area contributed by atoms with Crippen molar-refractivity contribution in [3.8, 4) is 0 Å². The number of halogens is 1. The topological polar surface area (TPSA) is 49.6 Å². The number of nitrogens with zero attached hydrogens (tertiary/aromatic N) is 2. The van der Waals surface area contributed by atoms with Crippen LogP contribution in [-0.2, 0) is 4.79 Å². The number of carbonyl (C=O) groups excluding carboxylic acids is 1. The van der Waals surface area contributed by atoms with Crippen LogP contribution < -0.4 is 5.73 Å². The van der Waals surface area contributed by atoms with E-state index in [4.69, 9.17) is 17.3 Å². The minimum atomic E-state index is -0.545. The second kappa shape index (κ2) is 5.59. The lowest BCUT2D eigenvalue weighted by molar-refractivity contribution is -0.135. The van der Waals surface area contributed by atoms with Gasteiger partial charge in [-0.15, -0.1) is 0 Å². The molecule has 21 heavy (non-hydrogen) atoms. The van der Waals surface area contributed by atoms with E-state index >= 15 is 0 Å². The van der Waals surface area contributed by atoms with Crippen molar-refractivity contribution in [2.45, 2.75) is 31.3 Å². The number of hydrogen-bond acceptors (Lipinski definition) is 3. The standard InChI is InChI=1S/C16H22ClN3O/c1-12(13-4-2-3-5-14(13)17)19-8-10-20(11-9-19)15(21)16(18)6-7-16/h2-5,12H,6-11,18H2,1H3. The van der Waals surface area contributed by atoms with E-state index in [1.807, 2.05) is 23.1 Å². The minimum Gasteiger partial charge on any atom is -0.339 e. The van der Waals surface area contributed by atoms with Crippen molar-refractivity contribution in [3.05, 3.63) is 34.9 Å². The van der Waals surface area contributed by atoms with Gasteiger partial charge in [0, 0.05) is 37.2 Å². The van der Waals surface area contributed by atoms with Gasteiger partial charge in [0.05, 0.1) is 5.54 Å². The number of nitrogens with two attached hydrogens (primary N) is 1. The van der Waals surface area contributed by atoms with Crippen LogP contribution in [0.5, 0.6) is 0 Å². The molecule has 114 valence electrons. The molecule has 5 heteroatoms. The number of rotatable bonds is 3. The van der Waals surface area contributed by atoms with Gasteiger partial charge in [-0.25, -0.2) is 0 Å². The van der Waals surface area contributed by atoms with Crippen molar-refractivity contribution >= 4 is 17.5 Å². The fourth-order valence-electron chi connectivity index (χ4n) is 2.99. The smallest absolute Gasteiger partial charge is 0.242 e. The zero-order valence-electron chi connectivity index (χ0n) is 12.4. The van der Waals surface area contributed by atoms with Gasteiger partial charge < -0.3 is 10.6 Å². The van der Waals surface area contributed by atoms with Gasteiger partial charge in [-0.05, 0) is 31.4 Å². The average molecular weight is 308 g/mol. The summed E-state index contributed by atoms with van der Waals surface area (Å²) in [6.45, 7) is 5.42. The third kappa shape index (κ3) is 2.93. The number of hydrogen-bond donors (Lipinski definition) is 1. The van der Waals surface area contributed by atoms with E-state index in [1.165, 1.54) is 0 Å². The summed E-state index contributed by atoms with van der Waals surface area (Å²) in [6.07, 6.45) is 1.67. The molecule has 0 radical (unpaired) electrons. The molecule has 2 N–H and O–H groups in total. The third-order valence-corrected chi connectivity index (χ3v) is 5.06. The van der Waals surface area contributed by atoms with E-state index in [0.29, 0.717) is 0 Å². The van der Waals surface area contributed by atoms with Gasteiger partial charge in [0.1, 0.15) is 0 Å². The molecule has 1 aliphatic heterocycles. The van der Waals surface area contributed by atoms with E-state index in [9.17, 15) is 4.79 Å². The Morgan fingerprint density at radius 1 is 1.24 bits per heavy atom. The zero-order valence-corrected chi connectivity index (χ0v) is 13.1. The molecule has 1 heterocycles. The van der Waals surface area contributed by atoms with Gasteiger partial charge in [0.2, 0.25) is 5.91 Å². The number of carbonyl (C=O) groups is 1. The largest absolute Gasteiger partial charge is 0.339 e. The molecule has 1 aliphatic carbocycles. The van der Waals surface area contributed by atoms with Crippen molar-refractivity contribution in [2.24, 2.45) is 5.73 Å². The summed E-state index contributed by atoms with van der Waals surface area (Å²) >= 11 is 6.28. The Bertz CT molecular complexity index is 536. The predicted octanol–water partition coefficient (Wildman–Crippen LogP) is 2.04. The van der Waals surface area contributed by atoms with Gasteiger partial charge in [-0.3, -0.25) is 9.69 Å². The summed E-state index contributed by atoms with van der Waals surface area (Å²) in [5.41, 5.74) is 6.61. The Balaban J connectivity index is 1.61. The van der Waals surface area contributed by atoms with Crippen LogP contribution in [0, 0.1) is 0 Å². The van der Waals surface area contributed by atoms with E-state index in [0.717, 1.165) is 49.6 Å². The van der Waals surface area contributed by atoms with Crippen LogP contribution in [0.1, 0.15) is 31.4 Å². The van der Waals surface area contributed by atoms with Crippen LogP contribution in [0.25, 0.3) is 0 Å². The van der Waals surface area contributed by atoms with Crippen LogP contribution in [0.4, 0.5) is 0 Å². The molecular formula is C16H22ClN3O. The van der Waals surface area contributed by atoms with E-state index in [2.05, 4.69) is 17.9 Å². The molecule has 1 saturated heterocycles. The minimum absolute atomic E-state index is 0.132. The number of amides is 1. The molecular weight excluding hydrogens is 286 g/mol. The summed E-state index contributed by atoms with van der Waals surface area (Å²) in [4.78, 5) is 16.5. The lowest BCUT2D eigenvalue weighted by atomic mass is 10.1. The third-order valence-electron chi connectivity index (χ3n) is 4.72. The highest BCUT2D eigenvalue weighted by Crippen LogP contribution is 2.35. The molecule has 1 unspecified atom stereocenters. The van der Waals surface area contributed by atoms with Crippen LogP contribution in [0.3, 0.4) is 0 Å². The zero-order chi connectivity index (χ0) is 15.0. The highest BCUT2D eigenvalue weighted by Gasteiger charge is 2.48. The number of benzene rings is 1. The average Bonchev–Trinajstić information content (AvgIpc) is 3.26. The fourth-order valence-corrected chi connectivity index (χ4v) is 3.28. The maximum absolute atomic E-state index is 12.2. The Hall–Kier alpha value is -1.10. The van der Waals surface area contributed by atoms with Crippen molar-refractivity contribution in [2.75, 3.05) is 26.2 Å². The SMILES string of the molecule is CC(c1ccccc1Cl)N1CCN(C(=O)C2(N)CC2)CC1. The molecule has 0 spiro atoms. The van der Waals surface area contributed by atoms with Gasteiger partial charge in [-0.2, -0.15) is 0 Å². The van der Waals surface area contributed by atoms with Crippen LogP contribution in [0.15, 0.2) is 24.3 Å². The van der Waals surface area contributed by atoms with Crippen molar-refractivity contribution < 1.29 is 4.79 Å². The molecule has 1 aromatic rings. The second-order valence-electron chi connectivity index (χ2n) is 6.18. The monoisotopic (exact) mass is 307 g/mol. The lowest BCUT2D eigenvalue weighted by Gasteiger charge is -2.39. The van der Waals surface area contributed by atoms with E-state index < -0.39 is 5.54 Å². The number of piperazine rings is 1. The highest BCUT2D eigenvalue weighted by atomic mass is 35.5. The second-order valence-corrected chi connectivity index (χ2v) is 6.59. The van der Waals surface area contributed by atoms with Gasteiger partial charge in [-0.1, -0.05) is 29.8 Å². The molecule has 0 bridgehead atoms. The predicted molar refractivity (Wildman–Crippen MR) is 84.2 cm³/mol. The van der Waals surface area contributed by atoms with E-state index in [-0.39, 0.29) is 11.9 Å². The van der Waals surface area contributed by atoms with Crippen LogP contribution >= 0.6 is 11.6 Å². The molecule has 1 aromatic carbocycles. The van der Waals surface area contributed by atoms with Gasteiger partial charge in [0.15, 0.2) is 0 Å². The molecule has 1 atom stereocenters. The van der Waals surface area contributed by atoms with Crippen molar-refractivity contribution in [3.63, 3.8) is 0 Å². The quantitative estimate of drug-likeness (QED) is 0.929. The van der Waals surface area contributed by atoms with Crippen LogP contribution in [0.2, 0.25) is 5.02 Å². The summed E-state index contributed by atoms with van der Waals surface area (Å²) < 4.78 is 0. The first kappa shape index (κ1) is 14.8. The first-order valence-corrected chi connectivity index (χ1v) is 7.96. The van der Waals surface area contributed by atoms with Gasteiger partial charge in [0.25, 0.3) is 0 Å². The van der Waals surface area contributed by atoms with Crippen LogP contribution in [-0.4, -0.2) is 47.4 Å². The van der Waals surface area contributed by atoms with Crippen molar-refractivity contribution in [1.29, 1.82) is 0 Å². The first-order chi connectivity index (χ1) is 10.0. The van der Waals surface area contributed by atoms with E-state index in [1.54, 1.807) is 0 Å².